The Kier molecular flexibility index (Phi) is 4.25. The van der Waals surface area contributed by atoms with Crippen molar-refractivity contribution in [2.45, 2.75) is 51.8 Å². The molecule has 120 valence electrons. The summed E-state index contributed by atoms with van der Waals surface area (Å²) in [5, 5.41) is 9.92. The van der Waals surface area contributed by atoms with E-state index in [-0.39, 0.29) is 11.5 Å². The van der Waals surface area contributed by atoms with Gasteiger partial charge in [-0.1, -0.05) is 6.07 Å². The Labute approximate surface area is 130 Å². The zero-order valence-electron chi connectivity index (χ0n) is 13.5. The molecular weight excluding hydrogens is 285 g/mol. The molecule has 0 amide bonds. The van der Waals surface area contributed by atoms with Crippen LogP contribution in [0, 0.1) is 0 Å². The van der Waals surface area contributed by atoms with Crippen LogP contribution in [0.15, 0.2) is 18.2 Å². The van der Waals surface area contributed by atoms with Gasteiger partial charge in [0.05, 0.1) is 17.1 Å². The second kappa shape index (κ2) is 5.57. The van der Waals surface area contributed by atoms with Crippen molar-refractivity contribution < 1.29 is 23.9 Å². The molecule has 3 N–H and O–H groups in total. The van der Waals surface area contributed by atoms with Crippen LogP contribution in [0.1, 0.15) is 46.1 Å². The molecule has 1 aliphatic heterocycles. The standard InChI is InChI=1S/C15H22BNO5/c1-9(18)20-12-7-6-10(8-11(12)19)13(17)16-21-14(2,3)15(4,5)22-16/h6-8,13,19H,17H2,1-5H3/t13-/m0/s1. The van der Waals surface area contributed by atoms with E-state index in [4.69, 9.17) is 19.8 Å². The van der Waals surface area contributed by atoms with Gasteiger partial charge in [0, 0.05) is 6.92 Å². The normalized spacial score (nSPS) is 20.7. The highest BCUT2D eigenvalue weighted by Crippen LogP contribution is 2.40. The number of phenols is 1. The maximum atomic E-state index is 10.9. The molecule has 2 rings (SSSR count). The number of hydrogen-bond donors (Lipinski definition) is 2. The first-order valence-electron chi connectivity index (χ1n) is 7.16. The number of ether oxygens (including phenoxy) is 1. The number of phenolic OH excluding ortho intramolecular Hbond substituents is 1. The van der Waals surface area contributed by atoms with E-state index >= 15 is 0 Å². The van der Waals surface area contributed by atoms with E-state index in [1.165, 1.54) is 19.1 Å². The first-order chi connectivity index (χ1) is 10.0. The van der Waals surface area contributed by atoms with Crippen LogP contribution in [0.3, 0.4) is 0 Å². The summed E-state index contributed by atoms with van der Waals surface area (Å²) < 4.78 is 16.7. The monoisotopic (exact) mass is 307 g/mol. The number of carbonyl (C=O) groups is 1. The van der Waals surface area contributed by atoms with E-state index in [1.54, 1.807) is 6.07 Å². The molecule has 0 aliphatic carbocycles. The molecule has 0 unspecified atom stereocenters. The second-order valence-corrected chi connectivity index (χ2v) is 6.47. The van der Waals surface area contributed by atoms with E-state index in [2.05, 4.69) is 0 Å². The van der Waals surface area contributed by atoms with Gasteiger partial charge in [0.2, 0.25) is 0 Å². The van der Waals surface area contributed by atoms with Gasteiger partial charge >= 0.3 is 13.1 Å². The molecule has 1 aromatic rings. The molecule has 0 aromatic heterocycles. The van der Waals surface area contributed by atoms with Gasteiger partial charge in [0.25, 0.3) is 0 Å². The van der Waals surface area contributed by atoms with Gasteiger partial charge in [-0.25, -0.2) is 0 Å². The Morgan fingerprint density at radius 3 is 2.27 bits per heavy atom. The number of carbonyl (C=O) groups excluding carboxylic acids is 1. The van der Waals surface area contributed by atoms with Gasteiger partial charge in [0.1, 0.15) is 0 Å². The summed E-state index contributed by atoms with van der Waals surface area (Å²) in [6.07, 6.45) is 0. The number of aromatic hydroxyl groups is 1. The van der Waals surface area contributed by atoms with Crippen LogP contribution in [0.5, 0.6) is 11.5 Å². The van der Waals surface area contributed by atoms with E-state index < -0.39 is 30.2 Å². The van der Waals surface area contributed by atoms with Crippen molar-refractivity contribution in [3.05, 3.63) is 23.8 Å². The number of nitrogens with two attached hydrogens (primary N) is 1. The minimum Gasteiger partial charge on any atom is -0.504 e. The summed E-state index contributed by atoms with van der Waals surface area (Å²) in [6, 6.07) is 4.62. The van der Waals surface area contributed by atoms with Crippen LogP contribution in [-0.4, -0.2) is 29.4 Å². The molecule has 1 atom stereocenters. The minimum absolute atomic E-state index is 0.0948. The molecule has 1 heterocycles. The Morgan fingerprint density at radius 2 is 1.82 bits per heavy atom. The number of hydrogen-bond acceptors (Lipinski definition) is 6. The van der Waals surface area contributed by atoms with Crippen molar-refractivity contribution in [3.8, 4) is 11.5 Å². The average molecular weight is 307 g/mol. The lowest BCUT2D eigenvalue weighted by Crippen LogP contribution is -2.41. The van der Waals surface area contributed by atoms with Gasteiger partial charge in [-0.15, -0.1) is 0 Å². The van der Waals surface area contributed by atoms with Gasteiger partial charge in [0.15, 0.2) is 11.5 Å². The molecule has 1 fully saturated rings. The molecule has 1 aromatic carbocycles. The summed E-state index contributed by atoms with van der Waals surface area (Å²) >= 11 is 0. The zero-order chi connectivity index (χ0) is 16.7. The molecule has 0 bridgehead atoms. The summed E-state index contributed by atoms with van der Waals surface area (Å²) in [6.45, 7) is 9.05. The Hall–Kier alpha value is -1.57. The van der Waals surface area contributed by atoms with Crippen LogP contribution in [0.2, 0.25) is 0 Å². The maximum Gasteiger partial charge on any atom is 0.480 e. The molecular formula is C15H22BNO5. The van der Waals surface area contributed by atoms with Gasteiger partial charge in [-0.05, 0) is 45.4 Å². The fraction of sp³-hybridized carbons (Fsp3) is 0.533. The lowest BCUT2D eigenvalue weighted by molar-refractivity contribution is -0.132. The van der Waals surface area contributed by atoms with Crippen molar-refractivity contribution in [1.29, 1.82) is 0 Å². The Morgan fingerprint density at radius 1 is 1.27 bits per heavy atom. The number of benzene rings is 1. The van der Waals surface area contributed by atoms with E-state index in [1.807, 2.05) is 27.7 Å². The van der Waals surface area contributed by atoms with Gasteiger partial charge in [-0.2, -0.15) is 0 Å². The predicted molar refractivity (Wildman–Crippen MR) is 82.4 cm³/mol. The first-order valence-corrected chi connectivity index (χ1v) is 7.16. The summed E-state index contributed by atoms with van der Waals surface area (Å²) in [4.78, 5) is 10.9. The Bertz CT molecular complexity index is 571. The minimum atomic E-state index is -0.621. The Balaban J connectivity index is 2.19. The molecule has 6 nitrogen and oxygen atoms in total. The fourth-order valence-corrected chi connectivity index (χ4v) is 2.18. The molecule has 7 heteroatoms. The lowest BCUT2D eigenvalue weighted by atomic mass is 9.75. The summed E-state index contributed by atoms with van der Waals surface area (Å²) in [5.74, 6) is -1.13. The first kappa shape index (κ1) is 16.8. The molecule has 1 aliphatic rings. The molecule has 22 heavy (non-hydrogen) atoms. The third-order valence-corrected chi connectivity index (χ3v) is 4.19. The van der Waals surface area contributed by atoms with Crippen LogP contribution in [0.4, 0.5) is 0 Å². The maximum absolute atomic E-state index is 10.9. The fourth-order valence-electron chi connectivity index (χ4n) is 2.18. The zero-order valence-corrected chi connectivity index (χ0v) is 13.5. The van der Waals surface area contributed by atoms with Gasteiger partial charge in [-0.3, -0.25) is 4.79 Å². The van der Waals surface area contributed by atoms with Crippen LogP contribution >= 0.6 is 0 Å². The lowest BCUT2D eigenvalue weighted by Gasteiger charge is -2.32. The van der Waals surface area contributed by atoms with Gasteiger partial charge < -0.3 is 24.9 Å². The molecule has 0 spiro atoms. The van der Waals surface area contributed by atoms with Crippen molar-refractivity contribution >= 4 is 13.1 Å². The molecule has 0 radical (unpaired) electrons. The smallest absolute Gasteiger partial charge is 0.480 e. The highest BCUT2D eigenvalue weighted by molar-refractivity contribution is 6.47. The van der Waals surface area contributed by atoms with Crippen LogP contribution in [0.25, 0.3) is 0 Å². The molecule has 0 saturated carbocycles. The third-order valence-electron chi connectivity index (χ3n) is 4.19. The summed E-state index contributed by atoms with van der Waals surface area (Å²) in [7, 11) is -0.621. The highest BCUT2D eigenvalue weighted by Gasteiger charge is 2.53. The van der Waals surface area contributed by atoms with Crippen molar-refractivity contribution in [2.24, 2.45) is 5.73 Å². The third kappa shape index (κ3) is 3.11. The SMILES string of the molecule is CC(=O)Oc1ccc([C@H](N)B2OC(C)(C)C(C)(C)O2)cc1O. The molecule has 1 saturated heterocycles. The largest absolute Gasteiger partial charge is 0.504 e. The van der Waals surface area contributed by atoms with Crippen LogP contribution < -0.4 is 10.5 Å². The predicted octanol–water partition coefficient (Wildman–Crippen LogP) is 1.95. The van der Waals surface area contributed by atoms with Crippen molar-refractivity contribution in [3.63, 3.8) is 0 Å². The van der Waals surface area contributed by atoms with Crippen LogP contribution in [-0.2, 0) is 14.1 Å². The topological polar surface area (TPSA) is 91.0 Å². The average Bonchev–Trinajstić information content (AvgIpc) is 2.59. The number of rotatable bonds is 3. The van der Waals surface area contributed by atoms with E-state index in [0.29, 0.717) is 5.56 Å². The quantitative estimate of drug-likeness (QED) is 0.504. The van der Waals surface area contributed by atoms with E-state index in [0.717, 1.165) is 0 Å². The van der Waals surface area contributed by atoms with Crippen molar-refractivity contribution in [1.82, 2.24) is 0 Å². The summed E-state index contributed by atoms with van der Waals surface area (Å²) in [5.41, 5.74) is 5.87. The number of esters is 1. The van der Waals surface area contributed by atoms with E-state index in [9.17, 15) is 9.90 Å². The highest BCUT2D eigenvalue weighted by atomic mass is 16.7. The van der Waals surface area contributed by atoms with Crippen molar-refractivity contribution in [2.75, 3.05) is 0 Å². The second-order valence-electron chi connectivity index (χ2n) is 6.47.